The highest BCUT2D eigenvalue weighted by Crippen LogP contribution is 2.28. The molecule has 0 aromatic carbocycles. The van der Waals surface area contributed by atoms with Gasteiger partial charge in [-0.25, -0.2) is 4.79 Å². The van der Waals surface area contributed by atoms with Gasteiger partial charge in [0.25, 0.3) is 0 Å². The van der Waals surface area contributed by atoms with Crippen molar-refractivity contribution < 1.29 is 20.1 Å². The van der Waals surface area contributed by atoms with Gasteiger partial charge in [0, 0.05) is 18.3 Å². The Kier molecular flexibility index (Phi) is 3.83. The molecule has 7 N–H and O–H groups in total. The van der Waals surface area contributed by atoms with E-state index in [-0.39, 0.29) is 12.4 Å². The summed E-state index contributed by atoms with van der Waals surface area (Å²) in [6, 6.07) is 0. The van der Waals surface area contributed by atoms with Crippen LogP contribution in [0.25, 0.3) is 0 Å². The molecule has 0 radical (unpaired) electrons. The number of ether oxygens (including phenoxy) is 1. The number of anilines is 1. The van der Waals surface area contributed by atoms with E-state index in [1.165, 1.54) is 6.20 Å². The van der Waals surface area contributed by atoms with E-state index in [4.69, 9.17) is 21.3 Å². The number of aliphatic hydroxyl groups excluding tert-OH is 3. The van der Waals surface area contributed by atoms with E-state index in [2.05, 4.69) is 4.98 Å². The zero-order chi connectivity index (χ0) is 14.2. The topological polar surface area (TPSA) is 157 Å². The maximum Gasteiger partial charge on any atom is 0.351 e. The van der Waals surface area contributed by atoms with Crippen molar-refractivity contribution in [2.24, 2.45) is 5.73 Å². The summed E-state index contributed by atoms with van der Waals surface area (Å²) in [5.41, 5.74) is 10.7. The summed E-state index contributed by atoms with van der Waals surface area (Å²) in [5.74, 6) is 0.00972. The molecule has 9 heteroatoms. The average Bonchev–Trinajstić information content (AvgIpc) is 2.67. The van der Waals surface area contributed by atoms with Gasteiger partial charge >= 0.3 is 5.69 Å². The van der Waals surface area contributed by atoms with Crippen LogP contribution in [0.15, 0.2) is 11.0 Å². The molecule has 1 fully saturated rings. The molecule has 0 saturated carbocycles. The number of aromatic nitrogens is 2. The minimum atomic E-state index is -1.36. The van der Waals surface area contributed by atoms with Crippen molar-refractivity contribution in [3.8, 4) is 0 Å². The van der Waals surface area contributed by atoms with Gasteiger partial charge in [-0.1, -0.05) is 0 Å². The fraction of sp³-hybridized carbons (Fsp3) is 0.600. The number of aliphatic hydroxyl groups is 3. The molecule has 4 atom stereocenters. The Morgan fingerprint density at radius 1 is 1.42 bits per heavy atom. The van der Waals surface area contributed by atoms with Crippen molar-refractivity contribution in [1.29, 1.82) is 0 Å². The molecular weight excluding hydrogens is 256 g/mol. The molecule has 0 spiro atoms. The number of nitrogens with two attached hydrogens (primary N) is 2. The van der Waals surface area contributed by atoms with Gasteiger partial charge in [0.2, 0.25) is 0 Å². The largest absolute Gasteiger partial charge is 0.394 e. The quantitative estimate of drug-likeness (QED) is 0.387. The van der Waals surface area contributed by atoms with Crippen LogP contribution in [0, 0.1) is 0 Å². The predicted molar refractivity (Wildman–Crippen MR) is 63.8 cm³/mol. The monoisotopic (exact) mass is 272 g/mol. The molecule has 1 saturated heterocycles. The molecular formula is C10H16N4O5. The Morgan fingerprint density at radius 2 is 2.11 bits per heavy atom. The smallest absolute Gasteiger partial charge is 0.351 e. The summed E-state index contributed by atoms with van der Waals surface area (Å²) in [6.45, 7) is -0.413. The van der Waals surface area contributed by atoms with E-state index >= 15 is 0 Å². The highest BCUT2D eigenvalue weighted by atomic mass is 16.6. The number of nitrogens with zero attached hydrogens (tertiary/aromatic N) is 2. The first-order valence-corrected chi connectivity index (χ1v) is 5.69. The molecule has 1 aromatic rings. The van der Waals surface area contributed by atoms with Crippen LogP contribution in [0.4, 0.5) is 5.82 Å². The van der Waals surface area contributed by atoms with Crippen molar-refractivity contribution >= 4 is 5.82 Å². The molecule has 1 aliphatic heterocycles. The molecule has 0 bridgehead atoms. The summed E-state index contributed by atoms with van der Waals surface area (Å²) in [6.07, 6.45) is -3.43. The number of hydrogen-bond donors (Lipinski definition) is 5. The van der Waals surface area contributed by atoms with Crippen LogP contribution >= 0.6 is 0 Å². The lowest BCUT2D eigenvalue weighted by Crippen LogP contribution is -2.36. The summed E-state index contributed by atoms with van der Waals surface area (Å²) in [7, 11) is 0. The van der Waals surface area contributed by atoms with Gasteiger partial charge in [0.05, 0.1) is 6.61 Å². The molecule has 2 rings (SSSR count). The van der Waals surface area contributed by atoms with Gasteiger partial charge in [0.1, 0.15) is 24.1 Å². The third-order valence-corrected chi connectivity index (χ3v) is 3.07. The molecule has 2 unspecified atom stereocenters. The highest BCUT2D eigenvalue weighted by Gasteiger charge is 2.43. The third-order valence-electron chi connectivity index (χ3n) is 3.07. The normalized spacial score (nSPS) is 30.7. The molecule has 106 valence electrons. The lowest BCUT2D eigenvalue weighted by molar-refractivity contribution is -0.0550. The fourth-order valence-electron chi connectivity index (χ4n) is 1.97. The zero-order valence-corrected chi connectivity index (χ0v) is 10.0. The number of rotatable bonds is 3. The van der Waals surface area contributed by atoms with Crippen LogP contribution in [0.5, 0.6) is 0 Å². The van der Waals surface area contributed by atoms with E-state index in [0.717, 1.165) is 4.57 Å². The minimum absolute atomic E-state index is 0.00972. The zero-order valence-electron chi connectivity index (χ0n) is 10.0. The molecule has 2 heterocycles. The van der Waals surface area contributed by atoms with Gasteiger partial charge in [0.15, 0.2) is 6.23 Å². The van der Waals surface area contributed by atoms with Crippen LogP contribution in [0.3, 0.4) is 0 Å². The molecule has 9 nitrogen and oxygen atoms in total. The molecule has 0 aliphatic carbocycles. The van der Waals surface area contributed by atoms with Crippen LogP contribution in [0.2, 0.25) is 0 Å². The summed E-state index contributed by atoms with van der Waals surface area (Å²) in [5, 5.41) is 28.5. The van der Waals surface area contributed by atoms with Gasteiger partial charge in [-0.15, -0.1) is 0 Å². The first-order valence-electron chi connectivity index (χ1n) is 5.69. The lowest BCUT2D eigenvalue weighted by atomic mass is 10.1. The van der Waals surface area contributed by atoms with Crippen LogP contribution in [-0.4, -0.2) is 49.8 Å². The van der Waals surface area contributed by atoms with E-state index in [0.29, 0.717) is 5.56 Å². The fourth-order valence-corrected chi connectivity index (χ4v) is 1.97. The predicted octanol–water partition coefficient (Wildman–Crippen LogP) is -3.10. The van der Waals surface area contributed by atoms with Gasteiger partial charge < -0.3 is 31.5 Å². The second-order valence-electron chi connectivity index (χ2n) is 4.27. The molecule has 19 heavy (non-hydrogen) atoms. The maximum absolute atomic E-state index is 11.7. The second kappa shape index (κ2) is 5.23. The standard InChI is InChI=1S/C10H16N4O5/c11-1-4-2-14(10(18)13-8(4)12)9-7(17)6(16)5(3-15)19-9/h2,5-7,9,15-17H,1,3,11H2,(H2,12,13,18)/t5-,6?,7?,9-/m1/s1. The Morgan fingerprint density at radius 3 is 2.63 bits per heavy atom. The van der Waals surface area contributed by atoms with E-state index < -0.39 is 36.8 Å². The first-order chi connectivity index (χ1) is 8.99. The van der Waals surface area contributed by atoms with Gasteiger partial charge in [-0.05, 0) is 0 Å². The van der Waals surface area contributed by atoms with E-state index in [9.17, 15) is 15.0 Å². The Balaban J connectivity index is 2.40. The van der Waals surface area contributed by atoms with Crippen molar-refractivity contribution in [1.82, 2.24) is 9.55 Å². The summed E-state index contributed by atoms with van der Waals surface area (Å²) < 4.78 is 6.23. The number of nitrogen functional groups attached to an aromatic ring is 1. The van der Waals surface area contributed by atoms with Crippen molar-refractivity contribution in [2.75, 3.05) is 12.3 Å². The lowest BCUT2D eigenvalue weighted by Gasteiger charge is -2.18. The van der Waals surface area contributed by atoms with E-state index in [1.54, 1.807) is 0 Å². The Bertz CT molecular complexity index is 519. The summed E-state index contributed by atoms with van der Waals surface area (Å²) in [4.78, 5) is 15.3. The average molecular weight is 272 g/mol. The van der Waals surface area contributed by atoms with Crippen LogP contribution in [0.1, 0.15) is 11.8 Å². The van der Waals surface area contributed by atoms with Crippen molar-refractivity contribution in [3.05, 3.63) is 22.2 Å². The summed E-state index contributed by atoms with van der Waals surface area (Å²) >= 11 is 0. The van der Waals surface area contributed by atoms with Crippen LogP contribution in [-0.2, 0) is 11.3 Å². The highest BCUT2D eigenvalue weighted by molar-refractivity contribution is 5.36. The molecule has 1 aliphatic rings. The van der Waals surface area contributed by atoms with Crippen LogP contribution < -0.4 is 17.2 Å². The Hall–Kier alpha value is -1.52. The SMILES string of the molecule is NCc1cn([C@@H]2O[C@H](CO)C(O)C2O)c(=O)nc1N. The number of hydrogen-bond acceptors (Lipinski definition) is 8. The van der Waals surface area contributed by atoms with Crippen molar-refractivity contribution in [2.45, 2.75) is 31.1 Å². The minimum Gasteiger partial charge on any atom is -0.394 e. The maximum atomic E-state index is 11.7. The molecule has 1 aromatic heterocycles. The van der Waals surface area contributed by atoms with Crippen molar-refractivity contribution in [3.63, 3.8) is 0 Å². The molecule has 0 amide bonds. The Labute approximate surface area is 108 Å². The third kappa shape index (κ3) is 2.33. The van der Waals surface area contributed by atoms with Gasteiger partial charge in [-0.2, -0.15) is 4.98 Å². The van der Waals surface area contributed by atoms with E-state index in [1.807, 2.05) is 0 Å². The first kappa shape index (κ1) is 13.9. The van der Waals surface area contributed by atoms with Gasteiger partial charge in [-0.3, -0.25) is 4.57 Å². The second-order valence-corrected chi connectivity index (χ2v) is 4.27.